The van der Waals surface area contributed by atoms with Crippen LogP contribution in [0.3, 0.4) is 0 Å². The molecule has 2 aromatic rings. The zero-order chi connectivity index (χ0) is 22.5. The van der Waals surface area contributed by atoms with Crippen molar-refractivity contribution < 1.29 is 14.3 Å². The van der Waals surface area contributed by atoms with Crippen LogP contribution in [-0.2, 0) is 4.79 Å². The van der Waals surface area contributed by atoms with Crippen LogP contribution in [0.15, 0.2) is 49.1 Å². The lowest BCUT2D eigenvalue weighted by molar-refractivity contribution is -0.117. The number of aromatic nitrogens is 1. The summed E-state index contributed by atoms with van der Waals surface area (Å²) in [6.07, 6.45) is 4.47. The van der Waals surface area contributed by atoms with Crippen LogP contribution in [0.25, 0.3) is 0 Å². The third-order valence-corrected chi connectivity index (χ3v) is 4.43. The molecule has 0 aliphatic carbocycles. The summed E-state index contributed by atoms with van der Waals surface area (Å²) in [5.74, 6) is 1.29. The van der Waals surface area contributed by atoms with Crippen LogP contribution >= 0.6 is 0 Å². The van der Waals surface area contributed by atoms with E-state index < -0.39 is 0 Å². The summed E-state index contributed by atoms with van der Waals surface area (Å²) >= 11 is 0. The monoisotopic (exact) mass is 411 g/mol. The Morgan fingerprint density at radius 1 is 1.17 bits per heavy atom. The molecule has 0 bridgehead atoms. The molecule has 0 aliphatic heterocycles. The standard InChI is InChI=1S/C15H16N2O2.C9H17NO/c1-10-4-9-14(11(2)18)15(16-10)17-12-5-7-13(19-3)8-6-12;1-4-7-8(5-2)10-9(11)6-3/h4-9H,1-3H3,(H,16,17);6,8H,3-5,7H2,1-2H3,(H,10,11)/t;8-/m.1/s1. The molecule has 2 rings (SSSR count). The van der Waals surface area contributed by atoms with Gasteiger partial charge in [0.05, 0.1) is 12.7 Å². The molecule has 30 heavy (non-hydrogen) atoms. The van der Waals surface area contributed by atoms with E-state index >= 15 is 0 Å². The quantitative estimate of drug-likeness (QED) is 0.437. The highest BCUT2D eigenvalue weighted by atomic mass is 16.5. The Labute approximate surface area is 179 Å². The molecule has 1 heterocycles. The minimum atomic E-state index is -0.0645. The van der Waals surface area contributed by atoms with Gasteiger partial charge in [0, 0.05) is 17.4 Å². The van der Waals surface area contributed by atoms with Gasteiger partial charge in [0.25, 0.3) is 0 Å². The van der Waals surface area contributed by atoms with E-state index in [0.29, 0.717) is 17.4 Å². The summed E-state index contributed by atoms with van der Waals surface area (Å²) in [6.45, 7) is 11.0. The number of nitrogens with zero attached hydrogens (tertiary/aromatic N) is 1. The molecule has 162 valence electrons. The van der Waals surface area contributed by atoms with Crippen LogP contribution < -0.4 is 15.4 Å². The first-order chi connectivity index (χ1) is 14.3. The number of benzene rings is 1. The van der Waals surface area contributed by atoms with Crippen molar-refractivity contribution in [1.29, 1.82) is 0 Å². The molecule has 1 amide bonds. The number of methoxy groups -OCH3 is 1. The van der Waals surface area contributed by atoms with E-state index in [-0.39, 0.29) is 11.7 Å². The number of pyridine rings is 1. The van der Waals surface area contributed by atoms with Gasteiger partial charge < -0.3 is 15.4 Å². The van der Waals surface area contributed by atoms with Gasteiger partial charge in [0.2, 0.25) is 5.91 Å². The maximum absolute atomic E-state index is 11.6. The second-order valence-electron chi connectivity index (χ2n) is 6.87. The maximum atomic E-state index is 11.6. The number of amides is 1. The van der Waals surface area contributed by atoms with Gasteiger partial charge in [0.1, 0.15) is 11.6 Å². The first-order valence-corrected chi connectivity index (χ1v) is 10.2. The number of hydrogen-bond acceptors (Lipinski definition) is 5. The van der Waals surface area contributed by atoms with Gasteiger partial charge in [-0.15, -0.1) is 0 Å². The lowest BCUT2D eigenvalue weighted by Crippen LogP contribution is -2.32. The average molecular weight is 412 g/mol. The topological polar surface area (TPSA) is 80.3 Å². The van der Waals surface area contributed by atoms with E-state index in [1.165, 1.54) is 13.0 Å². The Hall–Kier alpha value is -3.15. The molecule has 0 spiro atoms. The van der Waals surface area contributed by atoms with Gasteiger partial charge >= 0.3 is 0 Å². The van der Waals surface area contributed by atoms with Crippen LogP contribution in [0.1, 0.15) is 56.1 Å². The summed E-state index contributed by atoms with van der Waals surface area (Å²) in [6, 6.07) is 11.4. The molecular formula is C24H33N3O3. The Morgan fingerprint density at radius 2 is 1.83 bits per heavy atom. The molecule has 0 saturated heterocycles. The minimum Gasteiger partial charge on any atom is -0.497 e. The largest absolute Gasteiger partial charge is 0.497 e. The SMILES string of the molecule is C=CC(=O)N[C@H](CC)CCC.COc1ccc(Nc2nc(C)ccc2C(C)=O)cc1. The highest BCUT2D eigenvalue weighted by molar-refractivity contribution is 5.99. The number of rotatable bonds is 9. The molecule has 1 aromatic carbocycles. The van der Waals surface area contributed by atoms with Gasteiger partial charge in [-0.3, -0.25) is 9.59 Å². The number of anilines is 2. The van der Waals surface area contributed by atoms with Gasteiger partial charge in [-0.1, -0.05) is 26.8 Å². The number of Topliss-reactive ketones (excluding diaryl/α,β-unsaturated/α-hetero) is 1. The predicted octanol–water partition coefficient (Wildman–Crippen LogP) is 5.21. The van der Waals surface area contributed by atoms with E-state index in [4.69, 9.17) is 4.74 Å². The second kappa shape index (κ2) is 13.1. The number of ketones is 1. The minimum absolute atomic E-state index is 0.0106. The van der Waals surface area contributed by atoms with Gasteiger partial charge in [-0.2, -0.15) is 0 Å². The number of carbonyl (C=O) groups is 2. The molecule has 0 saturated carbocycles. The smallest absolute Gasteiger partial charge is 0.243 e. The third kappa shape index (κ3) is 8.47. The van der Waals surface area contributed by atoms with Gasteiger partial charge in [-0.05, 0) is 69.2 Å². The summed E-state index contributed by atoms with van der Waals surface area (Å²) in [5, 5.41) is 6.02. The van der Waals surface area contributed by atoms with Gasteiger partial charge in [0.15, 0.2) is 5.78 Å². The molecule has 6 heteroatoms. The van der Waals surface area contributed by atoms with Gasteiger partial charge in [-0.25, -0.2) is 4.98 Å². The Morgan fingerprint density at radius 3 is 2.33 bits per heavy atom. The summed E-state index contributed by atoms with van der Waals surface area (Å²) in [4.78, 5) is 26.8. The fourth-order valence-electron chi connectivity index (χ4n) is 2.73. The highest BCUT2D eigenvalue weighted by Crippen LogP contribution is 2.22. The van der Waals surface area contributed by atoms with Crippen LogP contribution in [0, 0.1) is 6.92 Å². The molecule has 1 atom stereocenters. The van der Waals surface area contributed by atoms with Crippen molar-refractivity contribution in [2.45, 2.75) is 53.0 Å². The number of ether oxygens (including phenoxy) is 1. The van der Waals surface area contributed by atoms with Crippen molar-refractivity contribution in [2.24, 2.45) is 0 Å². The summed E-state index contributed by atoms with van der Waals surface area (Å²) in [7, 11) is 1.62. The Kier molecular flexibility index (Phi) is 10.9. The van der Waals surface area contributed by atoms with Crippen molar-refractivity contribution in [3.8, 4) is 5.75 Å². The zero-order valence-electron chi connectivity index (χ0n) is 18.6. The number of aryl methyl sites for hydroxylation is 1. The lowest BCUT2D eigenvalue weighted by Gasteiger charge is -2.13. The van der Waals surface area contributed by atoms with Crippen molar-refractivity contribution >= 4 is 23.2 Å². The van der Waals surface area contributed by atoms with E-state index in [1.54, 1.807) is 13.2 Å². The van der Waals surface area contributed by atoms with E-state index in [9.17, 15) is 9.59 Å². The molecule has 1 aromatic heterocycles. The zero-order valence-corrected chi connectivity index (χ0v) is 18.6. The van der Waals surface area contributed by atoms with E-state index in [2.05, 4.69) is 36.0 Å². The van der Waals surface area contributed by atoms with Crippen LogP contribution in [0.4, 0.5) is 11.5 Å². The molecule has 2 N–H and O–H groups in total. The van der Waals surface area contributed by atoms with E-state index in [0.717, 1.165) is 36.4 Å². The fourth-order valence-corrected chi connectivity index (χ4v) is 2.73. The first-order valence-electron chi connectivity index (χ1n) is 10.2. The Balaban J connectivity index is 0.000000352. The molecular weight excluding hydrogens is 378 g/mol. The average Bonchev–Trinajstić information content (AvgIpc) is 2.74. The predicted molar refractivity (Wildman–Crippen MR) is 123 cm³/mol. The fraction of sp³-hybridized carbons (Fsp3) is 0.375. The van der Waals surface area contributed by atoms with E-state index in [1.807, 2.05) is 37.3 Å². The van der Waals surface area contributed by atoms with Crippen LogP contribution in [0.2, 0.25) is 0 Å². The molecule has 0 fully saturated rings. The Bertz CT molecular complexity index is 832. The van der Waals surface area contributed by atoms with Crippen LogP contribution in [-0.4, -0.2) is 29.8 Å². The number of nitrogens with one attached hydrogen (secondary N) is 2. The number of hydrogen-bond donors (Lipinski definition) is 2. The molecule has 0 unspecified atom stereocenters. The molecule has 0 radical (unpaired) electrons. The highest BCUT2D eigenvalue weighted by Gasteiger charge is 2.09. The molecule has 0 aliphatic rings. The van der Waals surface area contributed by atoms with Crippen molar-refractivity contribution in [3.05, 3.63) is 60.3 Å². The summed E-state index contributed by atoms with van der Waals surface area (Å²) < 4.78 is 5.10. The summed E-state index contributed by atoms with van der Waals surface area (Å²) in [5.41, 5.74) is 2.31. The second-order valence-corrected chi connectivity index (χ2v) is 6.87. The van der Waals surface area contributed by atoms with Crippen molar-refractivity contribution in [3.63, 3.8) is 0 Å². The first kappa shape index (κ1) is 24.9. The normalized spacial score (nSPS) is 10.8. The lowest BCUT2D eigenvalue weighted by atomic mass is 10.1. The number of carbonyl (C=O) groups excluding carboxylic acids is 2. The maximum Gasteiger partial charge on any atom is 0.243 e. The van der Waals surface area contributed by atoms with Crippen molar-refractivity contribution in [2.75, 3.05) is 12.4 Å². The third-order valence-electron chi connectivity index (χ3n) is 4.43. The molecule has 6 nitrogen and oxygen atoms in total. The van der Waals surface area contributed by atoms with Crippen molar-refractivity contribution in [1.82, 2.24) is 10.3 Å². The van der Waals surface area contributed by atoms with Crippen LogP contribution in [0.5, 0.6) is 5.75 Å².